The van der Waals surface area contributed by atoms with Crippen molar-refractivity contribution < 1.29 is 14.7 Å². The average Bonchev–Trinajstić information content (AvgIpc) is 2.46. The lowest BCUT2D eigenvalue weighted by atomic mass is 9.78. The van der Waals surface area contributed by atoms with Crippen molar-refractivity contribution in [3.63, 3.8) is 0 Å². The zero-order chi connectivity index (χ0) is 16.8. The maximum Gasteiger partial charge on any atom is 0.315 e. The number of carbonyl (C=O) groups is 2. The van der Waals surface area contributed by atoms with E-state index in [0.717, 1.165) is 0 Å². The summed E-state index contributed by atoms with van der Waals surface area (Å²) in [6.07, 6.45) is 0.416. The second-order valence-corrected chi connectivity index (χ2v) is 8.09. The van der Waals surface area contributed by atoms with E-state index in [1.807, 2.05) is 45.9 Å². The Morgan fingerprint density at radius 2 is 1.77 bits per heavy atom. The Balaban J connectivity index is 2.80. The molecule has 0 radical (unpaired) electrons. The summed E-state index contributed by atoms with van der Waals surface area (Å²) in [7, 11) is 0. The first-order valence-corrected chi connectivity index (χ1v) is 8.39. The van der Waals surface area contributed by atoms with Crippen LogP contribution in [0.1, 0.15) is 39.7 Å². The molecule has 5 heteroatoms. The lowest BCUT2D eigenvalue weighted by Crippen LogP contribution is -2.46. The Hall–Kier alpha value is -1.49. The normalized spacial score (nSPS) is 14.2. The molecular formula is C17H25NO3S. The Bertz CT molecular complexity index is 510. The van der Waals surface area contributed by atoms with E-state index >= 15 is 0 Å². The summed E-state index contributed by atoms with van der Waals surface area (Å²) in [5.74, 6) is -0.711. The lowest BCUT2D eigenvalue weighted by Gasteiger charge is -2.29. The number of carbonyl (C=O) groups excluding carboxylic acids is 1. The molecule has 0 aliphatic rings. The number of carboxylic acid groups (broad SMARTS) is 1. The number of amides is 1. The average molecular weight is 323 g/mol. The molecule has 0 fully saturated rings. The van der Waals surface area contributed by atoms with Crippen molar-refractivity contribution in [3.8, 4) is 0 Å². The molecule has 0 aliphatic carbocycles. The topological polar surface area (TPSA) is 66.4 Å². The van der Waals surface area contributed by atoms with Gasteiger partial charge in [-0.2, -0.15) is 0 Å². The van der Waals surface area contributed by atoms with Gasteiger partial charge < -0.3 is 10.4 Å². The highest BCUT2D eigenvalue weighted by molar-refractivity contribution is 8.01. The summed E-state index contributed by atoms with van der Waals surface area (Å²) >= 11 is 1.54. The molecule has 122 valence electrons. The van der Waals surface area contributed by atoms with Gasteiger partial charge in [-0.1, -0.05) is 58.0 Å². The molecule has 0 saturated carbocycles. The van der Waals surface area contributed by atoms with Crippen LogP contribution in [0.15, 0.2) is 30.3 Å². The Kier molecular flexibility index (Phi) is 6.48. The molecule has 1 amide bonds. The number of carboxylic acids is 1. The number of rotatable bonds is 7. The highest BCUT2D eigenvalue weighted by Crippen LogP contribution is 2.28. The monoisotopic (exact) mass is 323 g/mol. The number of benzene rings is 1. The van der Waals surface area contributed by atoms with Crippen LogP contribution < -0.4 is 5.32 Å². The van der Waals surface area contributed by atoms with Gasteiger partial charge in [0.15, 0.2) is 0 Å². The van der Waals surface area contributed by atoms with Crippen molar-refractivity contribution in [1.29, 1.82) is 0 Å². The van der Waals surface area contributed by atoms with Gasteiger partial charge in [0.2, 0.25) is 5.91 Å². The van der Waals surface area contributed by atoms with E-state index in [4.69, 9.17) is 0 Å². The van der Waals surface area contributed by atoms with E-state index in [1.165, 1.54) is 0 Å². The molecule has 1 rings (SSSR count). The van der Waals surface area contributed by atoms with Crippen LogP contribution in [0.2, 0.25) is 0 Å². The summed E-state index contributed by atoms with van der Waals surface area (Å²) in [5.41, 5.74) is -0.364. The van der Waals surface area contributed by atoms with E-state index in [-0.39, 0.29) is 17.2 Å². The quantitative estimate of drug-likeness (QED) is 0.809. The minimum atomic E-state index is -1.08. The molecular weight excluding hydrogens is 298 g/mol. The Morgan fingerprint density at radius 1 is 1.18 bits per heavy atom. The number of hydrogen-bond acceptors (Lipinski definition) is 3. The maximum atomic E-state index is 12.0. The van der Waals surface area contributed by atoms with Crippen molar-refractivity contribution in [2.24, 2.45) is 0 Å². The van der Waals surface area contributed by atoms with Gasteiger partial charge >= 0.3 is 5.97 Å². The summed E-state index contributed by atoms with van der Waals surface area (Å²) < 4.78 is 0.00537. The van der Waals surface area contributed by atoms with Gasteiger partial charge in [0, 0.05) is 11.3 Å². The third-order valence-electron chi connectivity index (χ3n) is 3.56. The van der Waals surface area contributed by atoms with Gasteiger partial charge in [-0.25, -0.2) is 0 Å². The largest absolute Gasteiger partial charge is 0.481 e. The fourth-order valence-electron chi connectivity index (χ4n) is 2.12. The van der Waals surface area contributed by atoms with E-state index < -0.39 is 11.4 Å². The first-order valence-electron chi connectivity index (χ1n) is 7.41. The molecule has 0 saturated heterocycles. The number of nitrogens with one attached hydrogen (secondary N) is 1. The van der Waals surface area contributed by atoms with Crippen molar-refractivity contribution in [3.05, 3.63) is 35.9 Å². The third kappa shape index (κ3) is 5.05. The first kappa shape index (κ1) is 18.6. The zero-order valence-corrected chi connectivity index (χ0v) is 14.5. The van der Waals surface area contributed by atoms with Gasteiger partial charge in [-0.15, -0.1) is 11.8 Å². The molecule has 4 nitrogen and oxygen atoms in total. The summed E-state index contributed by atoms with van der Waals surface area (Å²) in [4.78, 5) is 23.8. The van der Waals surface area contributed by atoms with Gasteiger partial charge in [-0.05, 0) is 12.0 Å². The molecule has 0 aliphatic heterocycles. The highest BCUT2D eigenvalue weighted by Gasteiger charge is 2.38. The summed E-state index contributed by atoms with van der Waals surface area (Å²) in [5, 5.41) is 12.5. The van der Waals surface area contributed by atoms with E-state index in [2.05, 4.69) is 5.32 Å². The van der Waals surface area contributed by atoms with Crippen LogP contribution in [0.5, 0.6) is 0 Å². The standard InChI is InChI=1S/C17H25NO3S/c1-5-17(15(20)21,13-9-7-6-8-10-13)12-18-14(19)11-22-16(2,3)4/h6-10H,5,11-12H2,1-4H3,(H,18,19)(H,20,21). The molecule has 1 unspecified atom stereocenters. The summed E-state index contributed by atoms with van der Waals surface area (Å²) in [6, 6.07) is 9.09. The molecule has 0 spiro atoms. The van der Waals surface area contributed by atoms with E-state index in [9.17, 15) is 14.7 Å². The second-order valence-electron chi connectivity index (χ2n) is 6.28. The first-order chi connectivity index (χ1) is 10.2. The van der Waals surface area contributed by atoms with Crippen LogP contribution in [0.4, 0.5) is 0 Å². The molecule has 1 aromatic rings. The molecule has 22 heavy (non-hydrogen) atoms. The molecule has 2 N–H and O–H groups in total. The minimum absolute atomic E-state index is 0.00537. The molecule has 1 atom stereocenters. The van der Waals surface area contributed by atoms with Crippen LogP contribution in [0.25, 0.3) is 0 Å². The second kappa shape index (κ2) is 7.68. The maximum absolute atomic E-state index is 12.0. The highest BCUT2D eigenvalue weighted by atomic mass is 32.2. The third-order valence-corrected chi connectivity index (χ3v) is 4.84. The Morgan fingerprint density at radius 3 is 2.23 bits per heavy atom. The Labute approximate surface area is 136 Å². The van der Waals surface area contributed by atoms with Crippen LogP contribution in [0, 0.1) is 0 Å². The number of aliphatic carboxylic acids is 1. The molecule has 0 heterocycles. The minimum Gasteiger partial charge on any atom is -0.481 e. The number of hydrogen-bond donors (Lipinski definition) is 2. The van der Waals surface area contributed by atoms with Crippen LogP contribution in [0.3, 0.4) is 0 Å². The van der Waals surface area contributed by atoms with Crippen molar-refractivity contribution in [2.45, 2.75) is 44.3 Å². The van der Waals surface area contributed by atoms with Crippen LogP contribution >= 0.6 is 11.8 Å². The SMILES string of the molecule is CCC(CNC(=O)CSC(C)(C)C)(C(=O)O)c1ccccc1. The van der Waals surface area contributed by atoms with Crippen molar-refractivity contribution in [2.75, 3.05) is 12.3 Å². The fourth-order valence-corrected chi connectivity index (χ4v) is 2.79. The van der Waals surface area contributed by atoms with Crippen molar-refractivity contribution >= 4 is 23.6 Å². The summed E-state index contributed by atoms with van der Waals surface area (Å²) in [6.45, 7) is 8.07. The van der Waals surface area contributed by atoms with Gasteiger partial charge in [-0.3, -0.25) is 9.59 Å². The van der Waals surface area contributed by atoms with Crippen molar-refractivity contribution in [1.82, 2.24) is 5.32 Å². The van der Waals surface area contributed by atoms with E-state index in [0.29, 0.717) is 17.7 Å². The fraction of sp³-hybridized carbons (Fsp3) is 0.529. The van der Waals surface area contributed by atoms with Gasteiger partial charge in [0.1, 0.15) is 5.41 Å². The smallest absolute Gasteiger partial charge is 0.315 e. The zero-order valence-electron chi connectivity index (χ0n) is 13.7. The van der Waals surface area contributed by atoms with Gasteiger partial charge in [0.05, 0.1) is 5.75 Å². The lowest BCUT2D eigenvalue weighted by molar-refractivity contribution is -0.144. The molecule has 0 aromatic heterocycles. The van der Waals surface area contributed by atoms with E-state index in [1.54, 1.807) is 23.9 Å². The molecule has 0 bridgehead atoms. The number of thioether (sulfide) groups is 1. The van der Waals surface area contributed by atoms with Gasteiger partial charge in [0.25, 0.3) is 0 Å². The van der Waals surface area contributed by atoms with Crippen LogP contribution in [-0.2, 0) is 15.0 Å². The predicted molar refractivity (Wildman–Crippen MR) is 91.3 cm³/mol. The molecule has 1 aromatic carbocycles. The predicted octanol–water partition coefficient (Wildman–Crippen LogP) is 3.07. The van der Waals surface area contributed by atoms with Crippen LogP contribution in [-0.4, -0.2) is 34.0 Å².